The van der Waals surface area contributed by atoms with Crippen molar-refractivity contribution in [3.8, 4) is 0 Å². The molecule has 0 spiro atoms. The highest BCUT2D eigenvalue weighted by atomic mass is 35.6. The van der Waals surface area contributed by atoms with Crippen LogP contribution in [0.25, 0.3) is 0 Å². The van der Waals surface area contributed by atoms with Gasteiger partial charge in [-0.15, -0.1) is 0 Å². The molecule has 2 rings (SSSR count). The largest absolute Gasteiger partial charge is 0.456 e. The van der Waals surface area contributed by atoms with Crippen molar-refractivity contribution in [3.05, 3.63) is 0 Å². The predicted octanol–water partition coefficient (Wildman–Crippen LogP) is 1.31. The summed E-state index contributed by atoms with van der Waals surface area (Å²) in [6, 6.07) is -0.990. The zero-order valence-electron chi connectivity index (χ0n) is 15.3. The van der Waals surface area contributed by atoms with Gasteiger partial charge in [0.05, 0.1) is 0 Å². The van der Waals surface area contributed by atoms with E-state index in [0.717, 1.165) is 25.7 Å². The van der Waals surface area contributed by atoms with Crippen molar-refractivity contribution in [2.75, 3.05) is 6.61 Å². The minimum atomic E-state index is -2.30. The lowest BCUT2D eigenvalue weighted by Crippen LogP contribution is -2.69. The Bertz CT molecular complexity index is 726. The van der Waals surface area contributed by atoms with Gasteiger partial charge in [0.1, 0.15) is 12.6 Å². The van der Waals surface area contributed by atoms with E-state index < -0.39 is 64.3 Å². The molecule has 0 bridgehead atoms. The van der Waals surface area contributed by atoms with Crippen LogP contribution in [-0.2, 0) is 38.1 Å². The third-order valence-electron chi connectivity index (χ3n) is 3.93. The normalized spacial score (nSPS) is 28.7. The fourth-order valence-electron chi connectivity index (χ4n) is 3.01. The number of carbonyl (C=O) groups excluding carboxylic acids is 4. The van der Waals surface area contributed by atoms with Gasteiger partial charge in [0.2, 0.25) is 12.1 Å². The van der Waals surface area contributed by atoms with Gasteiger partial charge in [0.15, 0.2) is 18.3 Å². The Hall–Kier alpha value is -1.98. The average Bonchev–Trinajstić information content (AvgIpc) is 2.93. The second kappa shape index (κ2) is 8.80. The number of amides is 1. The number of hydrogen-bond acceptors (Lipinski definition) is 10. The van der Waals surface area contributed by atoms with E-state index in [1.165, 1.54) is 0 Å². The third kappa shape index (κ3) is 5.34. The molecule has 0 unspecified atom stereocenters. The number of rotatable bonds is 4. The molecule has 2 fully saturated rings. The maximum Gasteiger partial charge on any atom is 0.413 e. The maximum absolute atomic E-state index is 12.3. The van der Waals surface area contributed by atoms with Crippen molar-refractivity contribution in [1.82, 2.24) is 4.90 Å². The molecule has 0 saturated carbocycles. The molecule has 11 nitrogen and oxygen atoms in total. The number of esters is 3. The topological polar surface area (TPSA) is 142 Å². The number of piperidine rings is 1. The van der Waals surface area contributed by atoms with Crippen LogP contribution in [0.2, 0.25) is 0 Å². The van der Waals surface area contributed by atoms with Gasteiger partial charge in [-0.2, -0.15) is 0 Å². The Balaban J connectivity index is 2.53. The van der Waals surface area contributed by atoms with Crippen LogP contribution >= 0.6 is 34.8 Å². The van der Waals surface area contributed by atoms with Crippen LogP contribution in [-0.4, -0.2) is 75.8 Å². The van der Waals surface area contributed by atoms with Crippen molar-refractivity contribution >= 4 is 64.7 Å². The molecule has 2 heterocycles. The van der Waals surface area contributed by atoms with Gasteiger partial charge >= 0.3 is 24.0 Å². The number of ether oxygens (including phenoxy) is 5. The van der Waals surface area contributed by atoms with E-state index in [4.69, 9.17) is 63.9 Å². The number of nitrogens with one attached hydrogen (secondary N) is 1. The Morgan fingerprint density at radius 3 is 1.93 bits per heavy atom. The lowest BCUT2D eigenvalue weighted by atomic mass is 9.92. The molecule has 0 aromatic rings. The van der Waals surface area contributed by atoms with Crippen LogP contribution < -0.4 is 0 Å². The van der Waals surface area contributed by atoms with Gasteiger partial charge in [-0.05, 0) is 0 Å². The van der Waals surface area contributed by atoms with Crippen molar-refractivity contribution in [2.24, 2.45) is 0 Å². The van der Waals surface area contributed by atoms with Crippen LogP contribution in [0.15, 0.2) is 0 Å². The molecule has 162 valence electrons. The second-order valence-electron chi connectivity index (χ2n) is 6.11. The number of alkyl halides is 3. The zero-order chi connectivity index (χ0) is 22.1. The predicted molar refractivity (Wildman–Crippen MR) is 96.5 cm³/mol. The number of fused-ring (bicyclic) bond motifs is 1. The van der Waals surface area contributed by atoms with Crippen LogP contribution in [0.3, 0.4) is 0 Å². The summed E-state index contributed by atoms with van der Waals surface area (Å²) >= 11 is 16.9. The van der Waals surface area contributed by atoms with Gasteiger partial charge in [0, 0.05) is 20.8 Å². The summed E-state index contributed by atoms with van der Waals surface area (Å²) in [7, 11) is 0. The van der Waals surface area contributed by atoms with Crippen molar-refractivity contribution < 1.29 is 42.9 Å². The first-order valence-electron chi connectivity index (χ1n) is 8.12. The van der Waals surface area contributed by atoms with Crippen molar-refractivity contribution in [3.63, 3.8) is 0 Å². The van der Waals surface area contributed by atoms with Gasteiger partial charge in [0.25, 0.3) is 3.79 Å². The highest BCUT2D eigenvalue weighted by Gasteiger charge is 2.61. The summed E-state index contributed by atoms with van der Waals surface area (Å²) in [5.74, 6) is -3.27. The van der Waals surface area contributed by atoms with E-state index in [1.807, 2.05) is 0 Å². The lowest BCUT2D eigenvalue weighted by Gasteiger charge is -2.46. The molecule has 0 aromatic carbocycles. The monoisotopic (exact) mass is 474 g/mol. The number of carbonyl (C=O) groups is 4. The first kappa shape index (κ1) is 23.3. The van der Waals surface area contributed by atoms with E-state index in [0.29, 0.717) is 0 Å². The molecule has 1 amide bonds. The van der Waals surface area contributed by atoms with E-state index in [1.54, 1.807) is 0 Å². The first-order chi connectivity index (χ1) is 13.3. The van der Waals surface area contributed by atoms with Gasteiger partial charge in [-0.3, -0.25) is 24.7 Å². The first-order valence-corrected chi connectivity index (χ1v) is 9.25. The molecular weight excluding hydrogens is 459 g/mol. The quantitative estimate of drug-likeness (QED) is 0.209. The molecule has 0 radical (unpaired) electrons. The highest BCUT2D eigenvalue weighted by molar-refractivity contribution is 6.76. The molecule has 2 saturated heterocycles. The van der Waals surface area contributed by atoms with E-state index >= 15 is 0 Å². The van der Waals surface area contributed by atoms with E-state index in [2.05, 4.69) is 0 Å². The molecular formula is C15H17Cl3N2O9. The average molecular weight is 476 g/mol. The van der Waals surface area contributed by atoms with Gasteiger partial charge in [-0.25, -0.2) is 4.79 Å². The lowest BCUT2D eigenvalue weighted by molar-refractivity contribution is -0.226. The van der Waals surface area contributed by atoms with Crippen LogP contribution in [0, 0.1) is 5.41 Å². The Kier molecular flexibility index (Phi) is 7.07. The summed E-state index contributed by atoms with van der Waals surface area (Å²) in [6.45, 7) is 2.98. The van der Waals surface area contributed by atoms with E-state index in [9.17, 15) is 19.2 Å². The van der Waals surface area contributed by atoms with Gasteiger partial charge < -0.3 is 23.7 Å². The Morgan fingerprint density at radius 2 is 1.45 bits per heavy atom. The fourth-order valence-corrected chi connectivity index (χ4v) is 3.14. The Labute approximate surface area is 179 Å². The van der Waals surface area contributed by atoms with E-state index in [-0.39, 0.29) is 6.61 Å². The summed E-state index contributed by atoms with van der Waals surface area (Å²) < 4.78 is 23.6. The standard InChI is InChI=1S/C15H17Cl3N2O9/c1-5(21)26-9-8-4-25-14(24)20(8)12(29-13(19)15(16,17)18)11(28-7(3)23)10(9)27-6(2)22/h8-12,19H,4H2,1-3H3/t8-,9-,10+,11-,12-/m1/s1. The second-order valence-corrected chi connectivity index (χ2v) is 8.39. The number of nitrogens with zero attached hydrogens (tertiary/aromatic N) is 1. The summed E-state index contributed by atoms with van der Waals surface area (Å²) in [6.07, 6.45) is -6.68. The SMILES string of the molecule is CC(=O)O[C@@H]1[C@@H](OC(C)=O)[C@@H](OC(=N)C(Cl)(Cl)Cl)N2C(=O)OC[C@@H]2[C@H]1OC(C)=O. The van der Waals surface area contributed by atoms with Crippen LogP contribution in [0.1, 0.15) is 20.8 Å². The molecule has 1 N–H and O–H groups in total. The smallest absolute Gasteiger partial charge is 0.413 e. The molecule has 29 heavy (non-hydrogen) atoms. The Morgan fingerprint density at radius 1 is 0.966 bits per heavy atom. The number of halogens is 3. The minimum absolute atomic E-state index is 0.262. The molecule has 0 aromatic heterocycles. The summed E-state index contributed by atoms with van der Waals surface area (Å²) in [5, 5.41) is 7.81. The van der Waals surface area contributed by atoms with Crippen LogP contribution in [0.4, 0.5) is 4.79 Å². The number of hydrogen-bond donors (Lipinski definition) is 1. The molecule has 14 heteroatoms. The minimum Gasteiger partial charge on any atom is -0.456 e. The molecule has 0 aliphatic carbocycles. The third-order valence-corrected chi connectivity index (χ3v) is 4.44. The van der Waals surface area contributed by atoms with Crippen molar-refractivity contribution in [2.45, 2.75) is 55.1 Å². The number of cyclic esters (lactones) is 1. The summed E-state index contributed by atoms with van der Waals surface area (Å²) in [4.78, 5) is 48.2. The maximum atomic E-state index is 12.3. The van der Waals surface area contributed by atoms with Crippen molar-refractivity contribution in [1.29, 1.82) is 5.41 Å². The van der Waals surface area contributed by atoms with Crippen LogP contribution in [0.5, 0.6) is 0 Å². The molecule has 5 atom stereocenters. The highest BCUT2D eigenvalue weighted by Crippen LogP contribution is 2.37. The zero-order valence-corrected chi connectivity index (χ0v) is 17.6. The molecule has 2 aliphatic rings. The summed E-state index contributed by atoms with van der Waals surface area (Å²) in [5.41, 5.74) is 0. The fraction of sp³-hybridized carbons (Fsp3) is 0.667. The van der Waals surface area contributed by atoms with Gasteiger partial charge in [-0.1, -0.05) is 34.8 Å². The molecule has 2 aliphatic heterocycles.